The minimum atomic E-state index is -1.98. The Hall–Kier alpha value is -1.41. The average Bonchev–Trinajstić information content (AvgIpc) is 2.68. The molecule has 2 amide bonds. The van der Waals surface area contributed by atoms with Crippen LogP contribution in [0, 0.1) is 5.92 Å². The highest BCUT2D eigenvalue weighted by Gasteiger charge is 2.55. The minimum Gasteiger partial charge on any atom is -0.465 e. The Balaban J connectivity index is 1.89. The monoisotopic (exact) mass is 342 g/mol. The molecule has 7 nitrogen and oxygen atoms in total. The summed E-state index contributed by atoms with van der Waals surface area (Å²) in [7, 11) is -1.98. The van der Waals surface area contributed by atoms with Crippen molar-refractivity contribution in [1.82, 2.24) is 10.2 Å². The maximum atomic E-state index is 12.2. The van der Waals surface area contributed by atoms with E-state index in [2.05, 4.69) is 39.2 Å². The number of likely N-dealkylation sites (tertiary alicyclic amines) is 1. The van der Waals surface area contributed by atoms with Crippen molar-refractivity contribution in [3.05, 3.63) is 0 Å². The van der Waals surface area contributed by atoms with Gasteiger partial charge in [0, 0.05) is 18.9 Å². The molecule has 2 unspecified atom stereocenters. The molecule has 130 valence electrons. The number of nitrogens with one attached hydrogen (secondary N) is 1. The fraction of sp³-hybridized carbons (Fsp3) is 0.800. The minimum absolute atomic E-state index is 0.0352. The lowest BCUT2D eigenvalue weighted by Gasteiger charge is -2.36. The van der Waals surface area contributed by atoms with Gasteiger partial charge in [0.1, 0.15) is 6.04 Å². The second-order valence-corrected chi connectivity index (χ2v) is 12.8. The second-order valence-electron chi connectivity index (χ2n) is 7.97. The molecular formula is C15H26N2O5Si. The summed E-state index contributed by atoms with van der Waals surface area (Å²) in [6.45, 7) is 10.8. The molecule has 23 heavy (non-hydrogen) atoms. The number of β-lactam (4-membered cyclic amide) rings is 1. The van der Waals surface area contributed by atoms with E-state index in [9.17, 15) is 14.4 Å². The molecule has 2 heterocycles. The molecule has 0 aliphatic carbocycles. The highest BCUT2D eigenvalue weighted by atomic mass is 28.4. The summed E-state index contributed by atoms with van der Waals surface area (Å²) < 4.78 is 5.91. The Bertz CT molecular complexity index is 520. The van der Waals surface area contributed by atoms with Crippen molar-refractivity contribution in [1.29, 1.82) is 0 Å². The maximum Gasteiger partial charge on any atom is 0.408 e. The molecule has 2 aliphatic heterocycles. The van der Waals surface area contributed by atoms with Gasteiger partial charge >= 0.3 is 6.09 Å². The fourth-order valence-corrected chi connectivity index (χ4v) is 3.76. The van der Waals surface area contributed by atoms with Gasteiger partial charge in [0.15, 0.2) is 14.1 Å². The van der Waals surface area contributed by atoms with Crippen LogP contribution in [0.1, 0.15) is 27.2 Å². The van der Waals surface area contributed by atoms with Crippen LogP contribution in [-0.4, -0.2) is 61.3 Å². The summed E-state index contributed by atoms with van der Waals surface area (Å²) in [5.41, 5.74) is 0. The van der Waals surface area contributed by atoms with Crippen LogP contribution in [0.2, 0.25) is 18.1 Å². The van der Waals surface area contributed by atoms with Crippen LogP contribution in [0.4, 0.5) is 4.79 Å². The normalized spacial score (nSPS) is 27.3. The quantitative estimate of drug-likeness (QED) is 0.582. The number of rotatable bonds is 5. The number of nitrogens with zero attached hydrogens (tertiary/aromatic N) is 1. The van der Waals surface area contributed by atoms with E-state index >= 15 is 0 Å². The van der Waals surface area contributed by atoms with Crippen LogP contribution >= 0.6 is 0 Å². The molecule has 2 saturated heterocycles. The number of carbonyl (C=O) groups excluding carboxylic acids is 2. The highest BCUT2D eigenvalue weighted by molar-refractivity contribution is 6.74. The Labute approximate surface area is 137 Å². The van der Waals surface area contributed by atoms with E-state index in [4.69, 9.17) is 9.53 Å². The average molecular weight is 342 g/mol. The zero-order valence-corrected chi connectivity index (χ0v) is 15.4. The largest absolute Gasteiger partial charge is 0.465 e. The van der Waals surface area contributed by atoms with Crippen LogP contribution in [0.15, 0.2) is 0 Å². The number of carboxylic acid groups (broad SMARTS) is 1. The maximum absolute atomic E-state index is 12.2. The molecule has 2 aliphatic rings. The number of carbonyl (C=O) groups is 3. The molecule has 0 aromatic carbocycles. The highest BCUT2D eigenvalue weighted by Crippen LogP contribution is 2.37. The van der Waals surface area contributed by atoms with E-state index in [1.165, 1.54) is 0 Å². The van der Waals surface area contributed by atoms with Crippen molar-refractivity contribution in [3.8, 4) is 0 Å². The van der Waals surface area contributed by atoms with E-state index in [0.717, 1.165) is 4.90 Å². The van der Waals surface area contributed by atoms with Crippen LogP contribution in [-0.2, 0) is 14.0 Å². The number of fused-ring (bicyclic) bond motifs is 1. The Morgan fingerprint density at radius 1 is 1.39 bits per heavy atom. The SMILES string of the molecule is CC(C)(C)[Si](C)(C)OCC(=O)CC1CN(C(=O)O)C2C(=O)N[C@H]12. The van der Waals surface area contributed by atoms with E-state index < -0.39 is 20.5 Å². The van der Waals surface area contributed by atoms with Gasteiger partial charge in [-0.05, 0) is 18.1 Å². The fourth-order valence-electron chi connectivity index (χ4n) is 2.80. The van der Waals surface area contributed by atoms with Gasteiger partial charge in [0.2, 0.25) is 5.91 Å². The van der Waals surface area contributed by atoms with Gasteiger partial charge in [-0.15, -0.1) is 0 Å². The van der Waals surface area contributed by atoms with Crippen LogP contribution in [0.3, 0.4) is 0 Å². The number of ketones is 1. The summed E-state index contributed by atoms with van der Waals surface area (Å²) in [6, 6.07) is -0.873. The molecule has 0 saturated carbocycles. The number of amides is 2. The summed E-state index contributed by atoms with van der Waals surface area (Å²) in [4.78, 5) is 36.0. The zero-order valence-electron chi connectivity index (χ0n) is 14.4. The lowest BCUT2D eigenvalue weighted by molar-refractivity contribution is -0.134. The molecule has 0 aromatic rings. The van der Waals surface area contributed by atoms with Crippen LogP contribution in [0.5, 0.6) is 0 Å². The van der Waals surface area contributed by atoms with Gasteiger partial charge in [0.25, 0.3) is 0 Å². The van der Waals surface area contributed by atoms with Crippen molar-refractivity contribution in [3.63, 3.8) is 0 Å². The molecule has 0 radical (unpaired) electrons. The van der Waals surface area contributed by atoms with E-state index in [0.29, 0.717) is 0 Å². The summed E-state index contributed by atoms with van der Waals surface area (Å²) >= 11 is 0. The van der Waals surface area contributed by atoms with Crippen molar-refractivity contribution in [2.24, 2.45) is 5.92 Å². The van der Waals surface area contributed by atoms with Gasteiger partial charge < -0.3 is 14.8 Å². The van der Waals surface area contributed by atoms with E-state index in [-0.39, 0.29) is 48.3 Å². The molecule has 2 N–H and O–H groups in total. The molecule has 2 rings (SSSR count). The summed E-state index contributed by atoms with van der Waals surface area (Å²) in [5.74, 6) is -0.471. The van der Waals surface area contributed by atoms with Gasteiger partial charge in [-0.2, -0.15) is 0 Å². The molecule has 0 aromatic heterocycles. The number of hydrogen-bond donors (Lipinski definition) is 2. The molecular weight excluding hydrogens is 316 g/mol. The Kier molecular flexibility index (Phi) is 4.60. The lowest BCUT2D eigenvalue weighted by atomic mass is 9.88. The van der Waals surface area contributed by atoms with Gasteiger partial charge in [-0.3, -0.25) is 14.5 Å². The molecule has 3 atom stereocenters. The molecule has 8 heteroatoms. The first-order valence-corrected chi connectivity index (χ1v) is 10.8. The molecule has 0 spiro atoms. The third-order valence-corrected chi connectivity index (χ3v) is 9.81. The predicted octanol–water partition coefficient (Wildman–Crippen LogP) is 1.44. The topological polar surface area (TPSA) is 95.9 Å². The standard InChI is InChI=1S/C15H26N2O5Si/c1-15(2,3)23(4,5)22-8-10(18)6-9-7-17(14(20)21)12-11(9)16-13(12)19/h9,11-12H,6-8H2,1-5H3,(H,16,19)(H,20,21)/t9?,11-,12?/m1/s1. The lowest BCUT2D eigenvalue weighted by Crippen LogP contribution is -2.66. The van der Waals surface area contributed by atoms with Crippen molar-refractivity contribution in [2.45, 2.75) is 57.4 Å². The van der Waals surface area contributed by atoms with Gasteiger partial charge in [-0.1, -0.05) is 20.8 Å². The summed E-state index contributed by atoms with van der Waals surface area (Å²) in [5, 5.41) is 11.9. The smallest absolute Gasteiger partial charge is 0.408 e. The zero-order chi connectivity index (χ0) is 17.6. The third kappa shape index (κ3) is 3.42. The Morgan fingerprint density at radius 2 is 2.00 bits per heavy atom. The second kappa shape index (κ2) is 5.90. The van der Waals surface area contributed by atoms with Crippen molar-refractivity contribution in [2.75, 3.05) is 13.2 Å². The number of hydrogen-bond acceptors (Lipinski definition) is 4. The molecule has 0 bridgehead atoms. The first kappa shape index (κ1) is 17.9. The molecule has 2 fully saturated rings. The van der Waals surface area contributed by atoms with E-state index in [1.807, 2.05) is 0 Å². The summed E-state index contributed by atoms with van der Waals surface area (Å²) in [6.07, 6.45) is -0.873. The first-order valence-electron chi connectivity index (χ1n) is 7.89. The van der Waals surface area contributed by atoms with Crippen LogP contribution < -0.4 is 5.32 Å². The predicted molar refractivity (Wildman–Crippen MR) is 86.7 cm³/mol. The van der Waals surface area contributed by atoms with Gasteiger partial charge in [0.05, 0.1) is 12.6 Å². The van der Waals surface area contributed by atoms with Crippen LogP contribution in [0.25, 0.3) is 0 Å². The number of Topliss-reactive ketones (excluding diaryl/α,β-unsaturated/α-hetero) is 1. The first-order chi connectivity index (χ1) is 10.4. The van der Waals surface area contributed by atoms with E-state index in [1.54, 1.807) is 0 Å². The van der Waals surface area contributed by atoms with Gasteiger partial charge in [-0.25, -0.2) is 4.79 Å². The third-order valence-electron chi connectivity index (χ3n) is 5.33. The Morgan fingerprint density at radius 3 is 2.43 bits per heavy atom. The van der Waals surface area contributed by atoms with Crippen molar-refractivity contribution < 1.29 is 23.9 Å². The van der Waals surface area contributed by atoms with Crippen molar-refractivity contribution >= 4 is 26.1 Å².